The van der Waals surface area contributed by atoms with Gasteiger partial charge < -0.3 is 15.4 Å². The Kier molecular flexibility index (Phi) is 3.24. The zero-order chi connectivity index (χ0) is 10.7. The van der Waals surface area contributed by atoms with Crippen LogP contribution in [0.15, 0.2) is 12.5 Å². The van der Waals surface area contributed by atoms with Crippen LogP contribution in [0.5, 0.6) is 0 Å². The van der Waals surface area contributed by atoms with E-state index < -0.39 is 12.0 Å². The molecule has 0 saturated carbocycles. The minimum Gasteiger partial charge on any atom is -0.480 e. The van der Waals surface area contributed by atoms with E-state index in [1.807, 2.05) is 18.4 Å². The molecule has 1 heterocycles. The number of imidazole rings is 1. The molecule has 1 atom stereocenters. The molecule has 0 radical (unpaired) electrons. The molecule has 0 saturated heterocycles. The molecule has 0 bridgehead atoms. The second-order valence-electron chi connectivity index (χ2n) is 3.53. The second kappa shape index (κ2) is 4.23. The number of hydrogen-bond donors (Lipinski definition) is 2. The molecule has 5 heteroatoms. The minimum atomic E-state index is -0.985. The van der Waals surface area contributed by atoms with E-state index in [-0.39, 0.29) is 6.04 Å². The van der Waals surface area contributed by atoms with Gasteiger partial charge in [-0.25, -0.2) is 4.98 Å². The maximum absolute atomic E-state index is 10.6. The summed E-state index contributed by atoms with van der Waals surface area (Å²) in [6.07, 6.45) is 3.66. The largest absolute Gasteiger partial charge is 0.480 e. The van der Waals surface area contributed by atoms with Gasteiger partial charge in [0.25, 0.3) is 0 Å². The van der Waals surface area contributed by atoms with Crippen LogP contribution in [0.25, 0.3) is 0 Å². The monoisotopic (exact) mass is 197 g/mol. The summed E-state index contributed by atoms with van der Waals surface area (Å²) in [6, 6.07) is -0.585. The molecule has 0 amide bonds. The van der Waals surface area contributed by atoms with E-state index in [0.29, 0.717) is 6.42 Å². The molecule has 0 unspecified atom stereocenters. The van der Waals surface area contributed by atoms with Gasteiger partial charge in [-0.1, -0.05) is 0 Å². The van der Waals surface area contributed by atoms with Crippen LogP contribution >= 0.6 is 0 Å². The third kappa shape index (κ3) is 2.32. The Balaban J connectivity index is 2.76. The number of carbonyl (C=O) groups is 1. The fraction of sp³-hybridized carbons (Fsp3) is 0.556. The van der Waals surface area contributed by atoms with E-state index in [1.165, 1.54) is 0 Å². The van der Waals surface area contributed by atoms with Crippen molar-refractivity contribution in [2.75, 3.05) is 0 Å². The van der Waals surface area contributed by atoms with Crippen molar-refractivity contribution in [3.05, 3.63) is 18.2 Å². The maximum atomic E-state index is 10.6. The van der Waals surface area contributed by atoms with Crippen molar-refractivity contribution in [3.8, 4) is 0 Å². The van der Waals surface area contributed by atoms with Gasteiger partial charge in [0, 0.05) is 24.4 Å². The lowest BCUT2D eigenvalue weighted by molar-refractivity contribution is -0.138. The van der Waals surface area contributed by atoms with Crippen LogP contribution in [0.1, 0.15) is 25.6 Å². The summed E-state index contributed by atoms with van der Waals surface area (Å²) in [5.41, 5.74) is 6.29. The van der Waals surface area contributed by atoms with Crippen molar-refractivity contribution in [1.29, 1.82) is 0 Å². The number of hydrogen-bond acceptors (Lipinski definition) is 3. The average Bonchev–Trinajstić information content (AvgIpc) is 2.52. The lowest BCUT2D eigenvalue weighted by Crippen LogP contribution is -2.33. The summed E-state index contributed by atoms with van der Waals surface area (Å²) >= 11 is 0. The van der Waals surface area contributed by atoms with Crippen LogP contribution in [-0.4, -0.2) is 26.7 Å². The number of carboxylic acid groups (broad SMARTS) is 1. The number of aliphatic carboxylic acids is 1. The zero-order valence-electron chi connectivity index (χ0n) is 8.34. The molecule has 14 heavy (non-hydrogen) atoms. The average molecular weight is 197 g/mol. The Labute approximate surface area is 82.6 Å². The molecule has 0 aliphatic carbocycles. The molecule has 0 aromatic carbocycles. The van der Waals surface area contributed by atoms with Crippen molar-refractivity contribution in [3.63, 3.8) is 0 Å². The van der Waals surface area contributed by atoms with Gasteiger partial charge in [-0.2, -0.15) is 0 Å². The fourth-order valence-electron chi connectivity index (χ4n) is 1.27. The molecule has 0 fully saturated rings. The highest BCUT2D eigenvalue weighted by Gasteiger charge is 2.15. The summed E-state index contributed by atoms with van der Waals surface area (Å²) < 4.78 is 1.92. The van der Waals surface area contributed by atoms with Gasteiger partial charge in [0.05, 0.1) is 6.33 Å². The first-order valence-electron chi connectivity index (χ1n) is 4.51. The number of carboxylic acids is 1. The van der Waals surface area contributed by atoms with Crippen molar-refractivity contribution in [2.24, 2.45) is 5.73 Å². The summed E-state index contributed by atoms with van der Waals surface area (Å²) in [5.74, 6) is -0.985. The summed E-state index contributed by atoms with van der Waals surface area (Å²) in [7, 11) is 0. The van der Waals surface area contributed by atoms with Crippen molar-refractivity contribution >= 4 is 5.97 Å². The Hall–Kier alpha value is -1.36. The molecule has 1 aromatic heterocycles. The highest BCUT2D eigenvalue weighted by molar-refractivity contribution is 5.73. The molecule has 1 rings (SSSR count). The molecule has 1 aromatic rings. The van der Waals surface area contributed by atoms with Gasteiger partial charge in [-0.05, 0) is 13.8 Å². The molecule has 5 nitrogen and oxygen atoms in total. The highest BCUT2D eigenvalue weighted by Crippen LogP contribution is 2.10. The number of nitrogens with two attached hydrogens (primary N) is 1. The molecular weight excluding hydrogens is 182 g/mol. The van der Waals surface area contributed by atoms with Crippen molar-refractivity contribution in [1.82, 2.24) is 9.55 Å². The summed E-state index contributed by atoms with van der Waals surface area (Å²) in [6.45, 7) is 4.02. The predicted molar refractivity (Wildman–Crippen MR) is 51.9 cm³/mol. The normalized spacial score (nSPS) is 13.1. The first-order valence-corrected chi connectivity index (χ1v) is 4.51. The van der Waals surface area contributed by atoms with Crippen LogP contribution in [0, 0.1) is 0 Å². The van der Waals surface area contributed by atoms with Crippen molar-refractivity contribution < 1.29 is 9.90 Å². The zero-order valence-corrected chi connectivity index (χ0v) is 8.34. The third-order valence-corrected chi connectivity index (χ3v) is 2.05. The van der Waals surface area contributed by atoms with Crippen LogP contribution in [-0.2, 0) is 11.2 Å². The lowest BCUT2D eigenvalue weighted by Gasteiger charge is -2.13. The first kappa shape index (κ1) is 10.7. The van der Waals surface area contributed by atoms with E-state index >= 15 is 0 Å². The van der Waals surface area contributed by atoms with Gasteiger partial charge in [0.15, 0.2) is 0 Å². The number of aromatic nitrogens is 2. The first-order chi connectivity index (χ1) is 6.52. The van der Waals surface area contributed by atoms with E-state index in [9.17, 15) is 4.79 Å². The molecule has 3 N–H and O–H groups in total. The van der Waals surface area contributed by atoms with Crippen LogP contribution < -0.4 is 5.73 Å². The topological polar surface area (TPSA) is 81.1 Å². The van der Waals surface area contributed by atoms with Crippen LogP contribution in [0.4, 0.5) is 0 Å². The standard InChI is InChI=1S/C9H15N3O2/c1-6(2)12-5-11-4-7(12)3-8(10)9(13)14/h4-6,8H,3,10H2,1-2H3,(H,13,14)/t8-/m0/s1. The lowest BCUT2D eigenvalue weighted by atomic mass is 10.2. The molecule has 0 aliphatic heterocycles. The molecular formula is C9H15N3O2. The SMILES string of the molecule is CC(C)n1cncc1C[C@H](N)C(=O)O. The molecule has 78 valence electrons. The highest BCUT2D eigenvalue weighted by atomic mass is 16.4. The van der Waals surface area contributed by atoms with Crippen molar-refractivity contribution in [2.45, 2.75) is 32.4 Å². The molecule has 0 aliphatic rings. The van der Waals surface area contributed by atoms with Gasteiger partial charge in [-0.3, -0.25) is 4.79 Å². The van der Waals surface area contributed by atoms with E-state index in [4.69, 9.17) is 10.8 Å². The van der Waals surface area contributed by atoms with Gasteiger partial charge in [0.1, 0.15) is 6.04 Å². The Morgan fingerprint density at radius 1 is 1.71 bits per heavy atom. The van der Waals surface area contributed by atoms with E-state index in [0.717, 1.165) is 5.69 Å². The maximum Gasteiger partial charge on any atom is 0.320 e. The van der Waals surface area contributed by atoms with Crippen LogP contribution in [0.3, 0.4) is 0 Å². The third-order valence-electron chi connectivity index (χ3n) is 2.05. The smallest absolute Gasteiger partial charge is 0.320 e. The van der Waals surface area contributed by atoms with E-state index in [1.54, 1.807) is 12.5 Å². The summed E-state index contributed by atoms with van der Waals surface area (Å²) in [4.78, 5) is 14.5. The second-order valence-corrected chi connectivity index (χ2v) is 3.53. The number of rotatable bonds is 4. The van der Waals surface area contributed by atoms with Crippen LogP contribution in [0.2, 0.25) is 0 Å². The van der Waals surface area contributed by atoms with Gasteiger partial charge in [0.2, 0.25) is 0 Å². The predicted octanol–water partition coefficient (Wildman–Crippen LogP) is 0.418. The Bertz CT molecular complexity index is 320. The van der Waals surface area contributed by atoms with E-state index in [2.05, 4.69) is 4.98 Å². The van der Waals surface area contributed by atoms with Gasteiger partial charge >= 0.3 is 5.97 Å². The minimum absolute atomic E-state index is 0.272. The summed E-state index contributed by atoms with van der Waals surface area (Å²) in [5, 5.41) is 8.66. The Morgan fingerprint density at radius 2 is 2.36 bits per heavy atom. The number of nitrogens with zero attached hydrogens (tertiary/aromatic N) is 2. The molecule has 0 spiro atoms. The van der Waals surface area contributed by atoms with Gasteiger partial charge in [-0.15, -0.1) is 0 Å². The fourth-order valence-corrected chi connectivity index (χ4v) is 1.27. The Morgan fingerprint density at radius 3 is 2.86 bits per heavy atom. The quantitative estimate of drug-likeness (QED) is 0.732.